The Hall–Kier alpha value is -1.01. The van der Waals surface area contributed by atoms with Gasteiger partial charge in [-0.05, 0) is 23.3 Å². The number of ether oxygens (including phenoxy) is 2. The van der Waals surface area contributed by atoms with Crippen molar-refractivity contribution in [1.29, 1.82) is 0 Å². The second-order valence-electron chi connectivity index (χ2n) is 6.17. The lowest BCUT2D eigenvalue weighted by molar-refractivity contribution is -0.00100. The van der Waals surface area contributed by atoms with E-state index in [4.69, 9.17) is 21.1 Å². The van der Waals surface area contributed by atoms with Crippen LogP contribution in [-0.2, 0) is 17.9 Å². The predicted molar refractivity (Wildman–Crippen MR) is 101 cm³/mol. The molecule has 1 aliphatic heterocycles. The Balaban J connectivity index is 0.00000182. The van der Waals surface area contributed by atoms with E-state index in [-0.39, 0.29) is 24.8 Å². The lowest BCUT2D eigenvalue weighted by atomic mass is 10.2. The van der Waals surface area contributed by atoms with Gasteiger partial charge in [0.15, 0.2) is 0 Å². The zero-order valence-corrected chi connectivity index (χ0v) is 17.4. The van der Waals surface area contributed by atoms with Gasteiger partial charge in [-0.1, -0.05) is 48.0 Å². The number of hydrogen-bond acceptors (Lipinski definition) is 4. The third kappa shape index (κ3) is 8.26. The molecule has 0 atom stereocenters. The molecule has 0 unspecified atom stereocenters. The van der Waals surface area contributed by atoms with Crippen LogP contribution in [0, 0.1) is 0 Å². The van der Waals surface area contributed by atoms with E-state index in [0.29, 0.717) is 11.6 Å². The highest BCUT2D eigenvalue weighted by Crippen LogP contribution is 2.26. The molecule has 7 heteroatoms. The van der Waals surface area contributed by atoms with Crippen molar-refractivity contribution in [2.24, 2.45) is 0 Å². The van der Waals surface area contributed by atoms with Crippen LogP contribution in [0.1, 0.15) is 11.1 Å². The molecule has 2 aromatic rings. The van der Waals surface area contributed by atoms with Crippen LogP contribution in [0.4, 0.5) is 0 Å². The van der Waals surface area contributed by atoms with Crippen LogP contribution < -0.4 is 34.9 Å². The molecule has 1 N–H and O–H groups in total. The van der Waals surface area contributed by atoms with Gasteiger partial charge in [-0.2, -0.15) is 0 Å². The molecule has 2 aromatic carbocycles. The molecule has 0 saturated carbocycles. The summed E-state index contributed by atoms with van der Waals surface area (Å²) in [6.07, 6.45) is 0. The summed E-state index contributed by atoms with van der Waals surface area (Å²) in [6, 6.07) is 16.1. The number of morpholine rings is 1. The van der Waals surface area contributed by atoms with E-state index in [1.807, 2.05) is 42.5 Å². The fraction of sp³-hybridized carbons (Fsp3) is 0.400. The second kappa shape index (κ2) is 13.2. The van der Waals surface area contributed by atoms with E-state index in [1.165, 1.54) is 5.56 Å². The van der Waals surface area contributed by atoms with Crippen LogP contribution in [-0.4, -0.2) is 44.3 Å². The highest BCUT2D eigenvalue weighted by Gasteiger charge is 2.09. The first-order valence-electron chi connectivity index (χ1n) is 8.77. The lowest BCUT2D eigenvalue weighted by Crippen LogP contribution is -3.00. The third-order valence-corrected chi connectivity index (χ3v) is 4.57. The van der Waals surface area contributed by atoms with Gasteiger partial charge >= 0.3 is 0 Å². The Morgan fingerprint density at radius 3 is 2.44 bits per heavy atom. The minimum atomic E-state index is 0. The minimum absolute atomic E-state index is 0. The molecule has 0 aliphatic carbocycles. The van der Waals surface area contributed by atoms with Gasteiger partial charge in [0.1, 0.15) is 12.4 Å². The Morgan fingerprint density at radius 2 is 1.74 bits per heavy atom. The van der Waals surface area contributed by atoms with Crippen molar-refractivity contribution in [3.63, 3.8) is 0 Å². The Bertz CT molecular complexity index is 653. The molecule has 1 fully saturated rings. The summed E-state index contributed by atoms with van der Waals surface area (Å²) in [5, 5.41) is 4.13. The standard InChI is InChI=1S/C20H25ClN2O2.2ClH/c21-19-14-18(15-22-8-9-23-10-12-24-13-11-23)6-7-20(19)25-16-17-4-2-1-3-5-17;;/h1-7,14,22H,8-13,15-16H2;2*1H/p-2. The van der Waals surface area contributed by atoms with E-state index in [9.17, 15) is 0 Å². The van der Waals surface area contributed by atoms with Crippen molar-refractivity contribution in [1.82, 2.24) is 10.2 Å². The van der Waals surface area contributed by atoms with Crippen LogP contribution in [0.15, 0.2) is 48.5 Å². The summed E-state index contributed by atoms with van der Waals surface area (Å²) in [5.74, 6) is 0.725. The number of nitrogens with one attached hydrogen (secondary N) is 1. The first kappa shape index (κ1) is 24.0. The molecule has 0 amide bonds. The first-order chi connectivity index (χ1) is 12.3. The number of hydrogen-bond donors (Lipinski definition) is 1. The molecule has 0 aromatic heterocycles. The monoisotopic (exact) mass is 430 g/mol. The molecular weight excluding hydrogens is 407 g/mol. The Labute approximate surface area is 179 Å². The average molecular weight is 432 g/mol. The van der Waals surface area contributed by atoms with Crippen LogP contribution >= 0.6 is 11.6 Å². The summed E-state index contributed by atoms with van der Waals surface area (Å²) in [6.45, 7) is 7.10. The van der Waals surface area contributed by atoms with E-state index in [2.05, 4.69) is 16.3 Å². The molecule has 4 nitrogen and oxygen atoms in total. The summed E-state index contributed by atoms with van der Waals surface area (Å²) in [4.78, 5) is 2.42. The third-order valence-electron chi connectivity index (χ3n) is 4.27. The smallest absolute Gasteiger partial charge is 0.138 e. The van der Waals surface area contributed by atoms with Crippen molar-refractivity contribution in [3.8, 4) is 5.75 Å². The van der Waals surface area contributed by atoms with E-state index in [1.54, 1.807) is 0 Å². The van der Waals surface area contributed by atoms with Crippen LogP contribution in [0.25, 0.3) is 0 Å². The molecule has 27 heavy (non-hydrogen) atoms. The zero-order chi connectivity index (χ0) is 17.3. The van der Waals surface area contributed by atoms with Crippen LogP contribution in [0.3, 0.4) is 0 Å². The van der Waals surface area contributed by atoms with Crippen LogP contribution in [0.5, 0.6) is 5.75 Å². The van der Waals surface area contributed by atoms with E-state index in [0.717, 1.165) is 57.3 Å². The molecule has 3 rings (SSSR count). The molecule has 1 aliphatic rings. The minimum Gasteiger partial charge on any atom is -1.00 e. The number of rotatable bonds is 8. The van der Waals surface area contributed by atoms with Gasteiger partial charge in [-0.15, -0.1) is 0 Å². The summed E-state index contributed by atoms with van der Waals surface area (Å²) < 4.78 is 11.2. The second-order valence-corrected chi connectivity index (χ2v) is 6.58. The maximum Gasteiger partial charge on any atom is 0.138 e. The molecule has 150 valence electrons. The quantitative estimate of drug-likeness (QED) is 0.463. The normalized spacial score (nSPS) is 14.1. The highest BCUT2D eigenvalue weighted by molar-refractivity contribution is 6.32. The van der Waals surface area contributed by atoms with Crippen molar-refractivity contribution < 1.29 is 34.3 Å². The predicted octanol–water partition coefficient (Wildman–Crippen LogP) is -2.65. The van der Waals surface area contributed by atoms with Gasteiger partial charge < -0.3 is 39.6 Å². The van der Waals surface area contributed by atoms with Gasteiger partial charge in [0.2, 0.25) is 0 Å². The van der Waals surface area contributed by atoms with Crippen molar-refractivity contribution in [2.45, 2.75) is 13.2 Å². The fourth-order valence-electron chi connectivity index (χ4n) is 2.80. The Kier molecular flexibility index (Phi) is 11.8. The van der Waals surface area contributed by atoms with Crippen molar-refractivity contribution in [3.05, 3.63) is 64.7 Å². The van der Waals surface area contributed by atoms with Gasteiger partial charge in [-0.3, -0.25) is 4.90 Å². The fourth-order valence-corrected chi connectivity index (χ4v) is 3.06. The molecule has 0 radical (unpaired) electrons. The highest BCUT2D eigenvalue weighted by atomic mass is 35.5. The number of benzene rings is 2. The number of halogens is 3. The first-order valence-corrected chi connectivity index (χ1v) is 9.15. The molecular formula is C20H25Cl3N2O2-2. The topological polar surface area (TPSA) is 33.7 Å². The summed E-state index contributed by atoms with van der Waals surface area (Å²) in [5.41, 5.74) is 2.30. The number of nitrogens with zero attached hydrogens (tertiary/aromatic N) is 1. The van der Waals surface area contributed by atoms with Gasteiger partial charge in [0.25, 0.3) is 0 Å². The van der Waals surface area contributed by atoms with E-state index >= 15 is 0 Å². The molecule has 1 heterocycles. The largest absolute Gasteiger partial charge is 1.00 e. The maximum atomic E-state index is 6.36. The molecule has 0 spiro atoms. The maximum absolute atomic E-state index is 6.36. The molecule has 1 saturated heterocycles. The van der Waals surface area contributed by atoms with E-state index < -0.39 is 0 Å². The van der Waals surface area contributed by atoms with Gasteiger partial charge in [-0.25, -0.2) is 0 Å². The molecule has 0 bridgehead atoms. The van der Waals surface area contributed by atoms with Crippen molar-refractivity contribution in [2.75, 3.05) is 39.4 Å². The average Bonchev–Trinajstić information content (AvgIpc) is 2.66. The SMILES string of the molecule is Clc1cc(CNCCN2CCOCC2)ccc1OCc1ccccc1.[Cl-].[Cl-]. The lowest BCUT2D eigenvalue weighted by Gasteiger charge is -2.26. The Morgan fingerprint density at radius 1 is 1.00 bits per heavy atom. The van der Waals surface area contributed by atoms with Crippen LogP contribution in [0.2, 0.25) is 5.02 Å². The summed E-state index contributed by atoms with van der Waals surface area (Å²) in [7, 11) is 0. The van der Waals surface area contributed by atoms with Crippen molar-refractivity contribution >= 4 is 11.6 Å². The zero-order valence-electron chi connectivity index (χ0n) is 15.2. The summed E-state index contributed by atoms with van der Waals surface area (Å²) >= 11 is 6.36. The van der Waals surface area contributed by atoms with Gasteiger partial charge in [0.05, 0.1) is 18.2 Å². The van der Waals surface area contributed by atoms with Gasteiger partial charge in [0, 0.05) is 32.7 Å².